The van der Waals surface area contributed by atoms with Gasteiger partial charge in [0.1, 0.15) is 11.9 Å². The van der Waals surface area contributed by atoms with Crippen LogP contribution in [-0.4, -0.2) is 61.9 Å². The minimum absolute atomic E-state index is 0.00144. The van der Waals surface area contributed by atoms with Gasteiger partial charge in [0.15, 0.2) is 11.5 Å². The van der Waals surface area contributed by atoms with Gasteiger partial charge in [0.05, 0.1) is 51.1 Å². The van der Waals surface area contributed by atoms with Gasteiger partial charge in [-0.3, -0.25) is 9.78 Å². The first-order valence-electron chi connectivity index (χ1n) is 13.5. The number of amides is 1. The Morgan fingerprint density at radius 3 is 2.24 bits per heavy atom. The number of ether oxygens (including phenoxy) is 5. The number of benzene rings is 2. The van der Waals surface area contributed by atoms with Crippen LogP contribution in [0, 0.1) is 5.92 Å². The van der Waals surface area contributed by atoms with E-state index in [0.717, 1.165) is 27.8 Å². The summed E-state index contributed by atoms with van der Waals surface area (Å²) >= 11 is 0. The van der Waals surface area contributed by atoms with Crippen LogP contribution in [0.4, 0.5) is 0 Å². The van der Waals surface area contributed by atoms with Crippen molar-refractivity contribution in [3.8, 4) is 40.1 Å². The fourth-order valence-corrected chi connectivity index (χ4v) is 5.30. The maximum atomic E-state index is 13.1. The number of aromatic nitrogens is 2. The molecule has 0 bridgehead atoms. The van der Waals surface area contributed by atoms with E-state index in [1.54, 1.807) is 34.6 Å². The van der Waals surface area contributed by atoms with Crippen LogP contribution in [0.3, 0.4) is 0 Å². The highest BCUT2D eigenvalue weighted by atomic mass is 16.5. The minimum Gasteiger partial charge on any atom is -0.497 e. The van der Waals surface area contributed by atoms with Crippen LogP contribution in [0.2, 0.25) is 0 Å². The molecule has 2 aromatic heterocycles. The third kappa shape index (κ3) is 5.57. The first-order valence-corrected chi connectivity index (χ1v) is 13.5. The van der Waals surface area contributed by atoms with Crippen LogP contribution in [0.25, 0.3) is 22.2 Å². The Labute approximate surface area is 240 Å². The van der Waals surface area contributed by atoms with Crippen molar-refractivity contribution < 1.29 is 28.5 Å². The molecule has 5 rings (SSSR count). The summed E-state index contributed by atoms with van der Waals surface area (Å²) in [6, 6.07) is 17.2. The Morgan fingerprint density at radius 1 is 0.902 bits per heavy atom. The molecule has 4 aromatic rings. The summed E-state index contributed by atoms with van der Waals surface area (Å²) in [7, 11) is 6.36. The fourth-order valence-electron chi connectivity index (χ4n) is 5.30. The van der Waals surface area contributed by atoms with Crippen molar-refractivity contribution in [2.45, 2.75) is 32.4 Å². The van der Waals surface area contributed by atoms with Crippen LogP contribution < -0.4 is 23.7 Å². The molecule has 0 aliphatic carbocycles. The van der Waals surface area contributed by atoms with E-state index in [0.29, 0.717) is 41.8 Å². The molecule has 41 heavy (non-hydrogen) atoms. The lowest BCUT2D eigenvalue weighted by molar-refractivity contribution is -0.129. The lowest BCUT2D eigenvalue weighted by Gasteiger charge is -2.27. The quantitative estimate of drug-likeness (QED) is 0.245. The van der Waals surface area contributed by atoms with Crippen molar-refractivity contribution >= 4 is 16.8 Å². The van der Waals surface area contributed by atoms with Crippen LogP contribution >= 0.6 is 0 Å². The molecule has 2 aromatic carbocycles. The normalized spacial score (nSPS) is 16.4. The van der Waals surface area contributed by atoms with Gasteiger partial charge in [0, 0.05) is 30.6 Å². The molecule has 214 valence electrons. The molecular weight excluding hydrogens is 522 g/mol. The molecule has 1 aliphatic rings. The summed E-state index contributed by atoms with van der Waals surface area (Å²) < 4.78 is 28.4. The second-order valence-electron chi connectivity index (χ2n) is 10.1. The lowest BCUT2D eigenvalue weighted by atomic mass is 10.0. The van der Waals surface area contributed by atoms with Gasteiger partial charge in [-0.2, -0.15) is 0 Å². The van der Waals surface area contributed by atoms with Crippen LogP contribution in [0.5, 0.6) is 28.9 Å². The molecule has 1 amide bonds. The number of rotatable bonds is 10. The Hall–Kier alpha value is -4.53. The Bertz CT molecular complexity index is 1520. The summed E-state index contributed by atoms with van der Waals surface area (Å²) in [5, 5.41) is 0.795. The summed E-state index contributed by atoms with van der Waals surface area (Å²) in [4.78, 5) is 24.5. The highest BCUT2D eigenvalue weighted by Gasteiger charge is 2.37. The SMILES string of the molecule is COc1ccc([C@H](C)N2C[C@H]([C@@H](C)Oc3nc(-c4cc(OC)c(OC)c(OC)c4)cc4ncccc34)CC2=O)cc1. The molecule has 0 saturated carbocycles. The zero-order valence-electron chi connectivity index (χ0n) is 24.2. The zero-order valence-corrected chi connectivity index (χ0v) is 24.2. The molecule has 3 heterocycles. The number of hydrogen-bond donors (Lipinski definition) is 0. The molecule has 0 unspecified atom stereocenters. The highest BCUT2D eigenvalue weighted by molar-refractivity contribution is 5.87. The second kappa shape index (κ2) is 11.9. The van der Waals surface area contributed by atoms with E-state index in [9.17, 15) is 4.79 Å². The van der Waals surface area contributed by atoms with E-state index in [4.69, 9.17) is 28.7 Å². The first kappa shape index (κ1) is 28.0. The molecule has 0 N–H and O–H groups in total. The third-order valence-corrected chi connectivity index (χ3v) is 7.74. The summed E-state index contributed by atoms with van der Waals surface area (Å²) in [6.07, 6.45) is 1.88. The smallest absolute Gasteiger partial charge is 0.223 e. The van der Waals surface area contributed by atoms with Gasteiger partial charge in [-0.25, -0.2) is 4.98 Å². The van der Waals surface area contributed by atoms with E-state index in [2.05, 4.69) is 11.9 Å². The Balaban J connectivity index is 1.42. The number of pyridine rings is 2. The van der Waals surface area contributed by atoms with E-state index in [-0.39, 0.29) is 24.0 Å². The number of likely N-dealkylation sites (tertiary alicyclic amines) is 1. The number of nitrogens with zero attached hydrogens (tertiary/aromatic N) is 3. The van der Waals surface area contributed by atoms with Crippen molar-refractivity contribution in [2.75, 3.05) is 35.0 Å². The fraction of sp³-hybridized carbons (Fsp3) is 0.344. The lowest BCUT2D eigenvalue weighted by Crippen LogP contribution is -2.31. The van der Waals surface area contributed by atoms with Gasteiger partial charge in [-0.1, -0.05) is 12.1 Å². The number of carbonyl (C=O) groups is 1. The number of carbonyl (C=O) groups excluding carboxylic acids is 1. The summed E-state index contributed by atoms with van der Waals surface area (Å²) in [6.45, 7) is 4.64. The molecule has 0 radical (unpaired) electrons. The van der Waals surface area contributed by atoms with Gasteiger partial charge in [0.2, 0.25) is 17.5 Å². The average molecular weight is 558 g/mol. The maximum Gasteiger partial charge on any atom is 0.223 e. The average Bonchev–Trinajstić information content (AvgIpc) is 3.41. The van der Waals surface area contributed by atoms with Crippen molar-refractivity contribution in [1.29, 1.82) is 0 Å². The number of hydrogen-bond acceptors (Lipinski definition) is 8. The van der Waals surface area contributed by atoms with E-state index >= 15 is 0 Å². The molecule has 1 saturated heterocycles. The second-order valence-corrected chi connectivity index (χ2v) is 10.1. The van der Waals surface area contributed by atoms with Crippen LogP contribution in [-0.2, 0) is 4.79 Å². The summed E-state index contributed by atoms with van der Waals surface area (Å²) in [5.41, 5.74) is 3.21. The predicted molar refractivity (Wildman–Crippen MR) is 156 cm³/mol. The van der Waals surface area contributed by atoms with Gasteiger partial charge in [-0.15, -0.1) is 0 Å². The van der Waals surface area contributed by atoms with E-state index in [1.165, 1.54) is 0 Å². The molecular formula is C32H35N3O6. The molecule has 9 nitrogen and oxygen atoms in total. The minimum atomic E-state index is -0.266. The van der Waals surface area contributed by atoms with Gasteiger partial charge in [0.25, 0.3) is 0 Å². The zero-order chi connectivity index (χ0) is 29.1. The standard InChI is InChI=1S/C32H35N3O6/c1-19(21-9-11-24(37-3)12-10-21)35-18-23(16-30(35)36)20(2)41-32-25-8-7-13-33-27(25)17-26(34-32)22-14-28(38-4)31(40-6)29(15-22)39-5/h7-15,17,19-20,23H,16,18H2,1-6H3/t19-,20+,23+/m0/s1. The Morgan fingerprint density at radius 2 is 1.61 bits per heavy atom. The molecule has 9 heteroatoms. The third-order valence-electron chi connectivity index (χ3n) is 7.74. The molecule has 3 atom stereocenters. The predicted octanol–water partition coefficient (Wildman–Crippen LogP) is 5.71. The monoisotopic (exact) mass is 557 g/mol. The van der Waals surface area contributed by atoms with Crippen molar-refractivity contribution in [2.24, 2.45) is 5.92 Å². The van der Waals surface area contributed by atoms with Gasteiger partial charge < -0.3 is 28.6 Å². The van der Waals surface area contributed by atoms with E-state index < -0.39 is 0 Å². The van der Waals surface area contributed by atoms with E-state index in [1.807, 2.05) is 66.4 Å². The summed E-state index contributed by atoms with van der Waals surface area (Å²) in [5.74, 6) is 2.91. The molecule has 1 fully saturated rings. The van der Waals surface area contributed by atoms with Crippen molar-refractivity contribution in [1.82, 2.24) is 14.9 Å². The Kier molecular flexibility index (Phi) is 8.14. The first-order chi connectivity index (χ1) is 19.9. The highest BCUT2D eigenvalue weighted by Crippen LogP contribution is 2.42. The number of methoxy groups -OCH3 is 4. The topological polar surface area (TPSA) is 92.2 Å². The van der Waals surface area contributed by atoms with Crippen LogP contribution in [0.1, 0.15) is 31.9 Å². The molecule has 0 spiro atoms. The largest absolute Gasteiger partial charge is 0.497 e. The van der Waals surface area contributed by atoms with Gasteiger partial charge >= 0.3 is 0 Å². The van der Waals surface area contributed by atoms with Crippen molar-refractivity contribution in [3.63, 3.8) is 0 Å². The number of fused-ring (bicyclic) bond motifs is 1. The maximum absolute atomic E-state index is 13.1. The van der Waals surface area contributed by atoms with Gasteiger partial charge in [-0.05, 0) is 61.9 Å². The molecule has 1 aliphatic heterocycles. The van der Waals surface area contributed by atoms with Crippen molar-refractivity contribution in [3.05, 3.63) is 66.4 Å². The van der Waals surface area contributed by atoms with Crippen LogP contribution in [0.15, 0.2) is 60.8 Å².